The molecule has 1 aromatic carbocycles. The molecular weight excluding hydrogens is 212 g/mol. The van der Waals surface area contributed by atoms with Crippen LogP contribution in [0.2, 0.25) is 0 Å². The molecule has 0 unspecified atom stereocenters. The van der Waals surface area contributed by atoms with Crippen LogP contribution in [0.3, 0.4) is 0 Å². The molecule has 0 bridgehead atoms. The topological polar surface area (TPSA) is 26.3 Å². The number of ether oxygens (including phenoxy) is 1. The molecule has 0 aromatic heterocycles. The van der Waals surface area contributed by atoms with Crippen LogP contribution < -0.4 is 4.74 Å². The zero-order valence-electron chi connectivity index (χ0n) is 11.4. The maximum absolute atomic E-state index is 11.3. The van der Waals surface area contributed by atoms with Crippen LogP contribution in [0.25, 0.3) is 0 Å². The summed E-state index contributed by atoms with van der Waals surface area (Å²) in [6.45, 7) is 9.82. The van der Waals surface area contributed by atoms with Gasteiger partial charge in [-0.3, -0.25) is 4.79 Å². The summed E-state index contributed by atoms with van der Waals surface area (Å²) < 4.78 is 5.67. The highest BCUT2D eigenvalue weighted by Gasteiger charge is 2.22. The molecule has 0 spiro atoms. The van der Waals surface area contributed by atoms with Crippen LogP contribution in [0.1, 0.15) is 46.6 Å². The van der Waals surface area contributed by atoms with E-state index >= 15 is 0 Å². The molecule has 0 atom stereocenters. The third-order valence-corrected chi connectivity index (χ3v) is 2.68. The Labute approximate surface area is 104 Å². The van der Waals surface area contributed by atoms with Gasteiger partial charge in [-0.15, -0.1) is 0 Å². The first-order chi connectivity index (χ1) is 7.81. The van der Waals surface area contributed by atoms with Gasteiger partial charge in [0.05, 0.1) is 6.10 Å². The number of carbonyl (C=O) groups is 1. The molecule has 0 aliphatic carbocycles. The number of hydrogen-bond acceptors (Lipinski definition) is 2. The van der Waals surface area contributed by atoms with Gasteiger partial charge in [0.25, 0.3) is 0 Å². The fourth-order valence-corrected chi connectivity index (χ4v) is 1.99. The van der Waals surface area contributed by atoms with Crippen molar-refractivity contribution in [3.8, 4) is 5.75 Å². The zero-order chi connectivity index (χ0) is 13.1. The van der Waals surface area contributed by atoms with Crippen LogP contribution in [0.5, 0.6) is 5.75 Å². The molecule has 0 saturated carbocycles. The lowest BCUT2D eigenvalue weighted by Gasteiger charge is -2.24. The molecule has 94 valence electrons. The molecule has 0 aliphatic rings. The largest absolute Gasteiger partial charge is 0.491 e. The van der Waals surface area contributed by atoms with Gasteiger partial charge in [0.2, 0.25) is 0 Å². The third-order valence-electron chi connectivity index (χ3n) is 2.68. The predicted octanol–water partition coefficient (Wildman–Crippen LogP) is 3.73. The SMILES string of the molecule is CC(=O)CC(C)(C)c1cccc(OC(C)C)c1. The third kappa shape index (κ3) is 4.22. The molecule has 2 heteroatoms. The predicted molar refractivity (Wildman–Crippen MR) is 70.5 cm³/mol. The van der Waals surface area contributed by atoms with Crippen molar-refractivity contribution >= 4 is 5.78 Å². The Kier molecular flexibility index (Phi) is 4.33. The van der Waals surface area contributed by atoms with E-state index < -0.39 is 0 Å². The summed E-state index contributed by atoms with van der Waals surface area (Å²) in [4.78, 5) is 11.3. The van der Waals surface area contributed by atoms with Crippen molar-refractivity contribution in [1.29, 1.82) is 0 Å². The summed E-state index contributed by atoms with van der Waals surface area (Å²) in [7, 11) is 0. The van der Waals surface area contributed by atoms with E-state index in [0.717, 1.165) is 11.3 Å². The molecule has 0 fully saturated rings. The van der Waals surface area contributed by atoms with E-state index in [9.17, 15) is 4.79 Å². The van der Waals surface area contributed by atoms with Crippen LogP contribution in [0, 0.1) is 0 Å². The summed E-state index contributed by atoms with van der Waals surface area (Å²) in [5.41, 5.74) is 1.01. The Morgan fingerprint density at radius 1 is 1.35 bits per heavy atom. The van der Waals surface area contributed by atoms with Crippen molar-refractivity contribution in [2.45, 2.75) is 52.6 Å². The van der Waals surface area contributed by atoms with Crippen LogP contribution in [0.4, 0.5) is 0 Å². The van der Waals surface area contributed by atoms with Gasteiger partial charge in [-0.2, -0.15) is 0 Å². The number of Topliss-reactive ketones (excluding diaryl/α,β-unsaturated/α-hetero) is 1. The number of rotatable bonds is 5. The molecule has 0 heterocycles. The smallest absolute Gasteiger partial charge is 0.130 e. The van der Waals surface area contributed by atoms with Crippen molar-refractivity contribution in [2.24, 2.45) is 0 Å². The molecule has 2 nitrogen and oxygen atoms in total. The maximum Gasteiger partial charge on any atom is 0.130 e. The van der Waals surface area contributed by atoms with Gasteiger partial charge < -0.3 is 4.74 Å². The van der Waals surface area contributed by atoms with Crippen molar-refractivity contribution < 1.29 is 9.53 Å². The highest BCUT2D eigenvalue weighted by atomic mass is 16.5. The van der Waals surface area contributed by atoms with Crippen molar-refractivity contribution in [3.05, 3.63) is 29.8 Å². The molecule has 0 amide bonds. The highest BCUT2D eigenvalue weighted by Crippen LogP contribution is 2.30. The summed E-state index contributed by atoms with van der Waals surface area (Å²) in [5.74, 6) is 1.08. The molecule has 0 N–H and O–H groups in total. The Bertz CT molecular complexity index is 392. The van der Waals surface area contributed by atoms with E-state index in [1.165, 1.54) is 0 Å². The fraction of sp³-hybridized carbons (Fsp3) is 0.533. The molecule has 17 heavy (non-hydrogen) atoms. The summed E-state index contributed by atoms with van der Waals surface area (Å²) >= 11 is 0. The summed E-state index contributed by atoms with van der Waals surface area (Å²) in [6, 6.07) is 8.02. The molecule has 0 saturated heterocycles. The summed E-state index contributed by atoms with van der Waals surface area (Å²) in [5, 5.41) is 0. The van der Waals surface area contributed by atoms with Crippen molar-refractivity contribution in [3.63, 3.8) is 0 Å². The number of carbonyl (C=O) groups excluding carboxylic acids is 1. The molecule has 1 aromatic rings. The van der Waals surface area contributed by atoms with E-state index in [-0.39, 0.29) is 17.3 Å². The second-order valence-electron chi connectivity index (χ2n) is 5.46. The quantitative estimate of drug-likeness (QED) is 0.776. The first kappa shape index (κ1) is 13.8. The van der Waals surface area contributed by atoms with Gasteiger partial charge in [-0.05, 0) is 43.9 Å². The number of hydrogen-bond donors (Lipinski definition) is 0. The minimum Gasteiger partial charge on any atom is -0.491 e. The monoisotopic (exact) mass is 234 g/mol. The van der Waals surface area contributed by atoms with Crippen LogP contribution in [-0.4, -0.2) is 11.9 Å². The summed E-state index contributed by atoms with van der Waals surface area (Å²) in [6.07, 6.45) is 0.721. The minimum absolute atomic E-state index is 0.137. The Balaban J connectivity index is 2.94. The van der Waals surface area contributed by atoms with E-state index in [0.29, 0.717) is 6.42 Å². The molecule has 0 radical (unpaired) electrons. The molecule has 0 aliphatic heterocycles. The molecule has 1 rings (SSSR count). The van der Waals surface area contributed by atoms with Gasteiger partial charge >= 0.3 is 0 Å². The van der Waals surface area contributed by atoms with Crippen molar-refractivity contribution in [2.75, 3.05) is 0 Å². The maximum atomic E-state index is 11.3. The zero-order valence-corrected chi connectivity index (χ0v) is 11.4. The van der Waals surface area contributed by atoms with Crippen LogP contribution in [-0.2, 0) is 10.2 Å². The van der Waals surface area contributed by atoms with Gasteiger partial charge in [-0.1, -0.05) is 26.0 Å². The van der Waals surface area contributed by atoms with E-state index in [2.05, 4.69) is 19.9 Å². The van der Waals surface area contributed by atoms with Gasteiger partial charge in [-0.25, -0.2) is 0 Å². The van der Waals surface area contributed by atoms with Crippen molar-refractivity contribution in [1.82, 2.24) is 0 Å². The van der Waals surface area contributed by atoms with E-state index in [1.807, 2.05) is 32.0 Å². The second-order valence-corrected chi connectivity index (χ2v) is 5.46. The van der Waals surface area contributed by atoms with Gasteiger partial charge in [0, 0.05) is 6.42 Å². The first-order valence-electron chi connectivity index (χ1n) is 6.08. The number of ketones is 1. The highest BCUT2D eigenvalue weighted by molar-refractivity contribution is 5.77. The Morgan fingerprint density at radius 3 is 2.53 bits per heavy atom. The first-order valence-corrected chi connectivity index (χ1v) is 6.08. The lowest BCUT2D eigenvalue weighted by Crippen LogP contribution is -2.20. The van der Waals surface area contributed by atoms with E-state index in [1.54, 1.807) is 6.92 Å². The average molecular weight is 234 g/mol. The average Bonchev–Trinajstić information content (AvgIpc) is 2.15. The Morgan fingerprint density at radius 2 is 2.00 bits per heavy atom. The molecular formula is C15H22O2. The van der Waals surface area contributed by atoms with Crippen LogP contribution in [0.15, 0.2) is 24.3 Å². The van der Waals surface area contributed by atoms with Gasteiger partial charge in [0.1, 0.15) is 11.5 Å². The van der Waals surface area contributed by atoms with Gasteiger partial charge in [0.15, 0.2) is 0 Å². The van der Waals surface area contributed by atoms with Crippen LogP contribution >= 0.6 is 0 Å². The lowest BCUT2D eigenvalue weighted by atomic mass is 9.80. The number of benzene rings is 1. The van der Waals surface area contributed by atoms with E-state index in [4.69, 9.17) is 4.74 Å². The normalized spacial score (nSPS) is 11.6. The second kappa shape index (κ2) is 5.35. The standard InChI is InChI=1S/C15H22O2/c1-11(2)17-14-8-6-7-13(9-14)15(4,5)10-12(3)16/h6-9,11H,10H2,1-5H3. The minimum atomic E-state index is -0.137. The fourth-order valence-electron chi connectivity index (χ4n) is 1.99. The lowest BCUT2D eigenvalue weighted by molar-refractivity contribution is -0.118. The Hall–Kier alpha value is -1.31.